The fourth-order valence-corrected chi connectivity index (χ4v) is 1.88. The lowest BCUT2D eigenvalue weighted by Crippen LogP contribution is -2.19. The quantitative estimate of drug-likeness (QED) is 0.846. The SMILES string of the molecule is CCOc1cc(NCC2CCCO2)nc(C)n1. The minimum absolute atomic E-state index is 0.306. The predicted molar refractivity (Wildman–Crippen MR) is 65.4 cm³/mol. The molecular weight excluding hydrogens is 218 g/mol. The number of aryl methyl sites for hydroxylation is 1. The third kappa shape index (κ3) is 3.56. The maximum absolute atomic E-state index is 5.55. The van der Waals surface area contributed by atoms with Gasteiger partial charge in [-0.2, -0.15) is 4.98 Å². The number of ether oxygens (including phenoxy) is 2. The Bertz CT molecular complexity index is 365. The second-order valence-electron chi connectivity index (χ2n) is 4.09. The van der Waals surface area contributed by atoms with Gasteiger partial charge >= 0.3 is 0 Å². The number of hydrogen-bond acceptors (Lipinski definition) is 5. The Morgan fingerprint density at radius 1 is 1.53 bits per heavy atom. The van der Waals surface area contributed by atoms with Crippen molar-refractivity contribution in [3.8, 4) is 5.88 Å². The lowest BCUT2D eigenvalue weighted by Gasteiger charge is -2.12. The van der Waals surface area contributed by atoms with Gasteiger partial charge in [-0.25, -0.2) is 4.98 Å². The van der Waals surface area contributed by atoms with E-state index in [9.17, 15) is 0 Å². The molecule has 1 fully saturated rings. The van der Waals surface area contributed by atoms with Crippen LogP contribution in [0.3, 0.4) is 0 Å². The second-order valence-corrected chi connectivity index (χ2v) is 4.09. The average molecular weight is 237 g/mol. The Balaban J connectivity index is 1.94. The molecule has 0 amide bonds. The Kier molecular flexibility index (Phi) is 4.14. The van der Waals surface area contributed by atoms with Gasteiger partial charge < -0.3 is 14.8 Å². The van der Waals surface area contributed by atoms with Crippen LogP contribution in [0.1, 0.15) is 25.6 Å². The summed E-state index contributed by atoms with van der Waals surface area (Å²) in [6, 6.07) is 1.82. The smallest absolute Gasteiger partial charge is 0.218 e. The van der Waals surface area contributed by atoms with Gasteiger partial charge in [-0.1, -0.05) is 0 Å². The zero-order valence-electron chi connectivity index (χ0n) is 10.4. The van der Waals surface area contributed by atoms with Gasteiger partial charge in [-0.05, 0) is 26.7 Å². The first-order chi connectivity index (χ1) is 8.28. The summed E-state index contributed by atoms with van der Waals surface area (Å²) in [6.07, 6.45) is 2.58. The summed E-state index contributed by atoms with van der Waals surface area (Å²) < 4.78 is 10.9. The molecule has 5 nitrogen and oxygen atoms in total. The monoisotopic (exact) mass is 237 g/mol. The Hall–Kier alpha value is -1.36. The van der Waals surface area contributed by atoms with Gasteiger partial charge in [0.25, 0.3) is 0 Å². The van der Waals surface area contributed by atoms with Crippen LogP contribution in [-0.2, 0) is 4.74 Å². The van der Waals surface area contributed by atoms with Crippen molar-refractivity contribution in [3.63, 3.8) is 0 Å². The fraction of sp³-hybridized carbons (Fsp3) is 0.667. The number of aromatic nitrogens is 2. The minimum atomic E-state index is 0.306. The van der Waals surface area contributed by atoms with Crippen LogP contribution < -0.4 is 10.1 Å². The summed E-state index contributed by atoms with van der Waals surface area (Å²) >= 11 is 0. The van der Waals surface area contributed by atoms with Gasteiger partial charge in [0.2, 0.25) is 5.88 Å². The molecule has 0 aliphatic carbocycles. The molecule has 2 heterocycles. The summed E-state index contributed by atoms with van der Waals surface area (Å²) in [4.78, 5) is 8.52. The molecule has 1 aliphatic rings. The normalized spacial score (nSPS) is 19.3. The van der Waals surface area contributed by atoms with Crippen LogP contribution >= 0.6 is 0 Å². The van der Waals surface area contributed by atoms with Crippen molar-refractivity contribution in [2.75, 3.05) is 25.1 Å². The molecule has 5 heteroatoms. The summed E-state index contributed by atoms with van der Waals surface area (Å²) in [5, 5.41) is 3.27. The van der Waals surface area contributed by atoms with Gasteiger partial charge in [0, 0.05) is 19.2 Å². The van der Waals surface area contributed by atoms with Crippen LogP contribution in [0.5, 0.6) is 5.88 Å². The molecule has 1 N–H and O–H groups in total. The molecule has 2 rings (SSSR count). The maximum atomic E-state index is 5.55. The highest BCUT2D eigenvalue weighted by atomic mass is 16.5. The highest BCUT2D eigenvalue weighted by Gasteiger charge is 2.15. The van der Waals surface area contributed by atoms with Gasteiger partial charge in [0.15, 0.2) is 0 Å². The molecule has 1 aliphatic heterocycles. The maximum Gasteiger partial charge on any atom is 0.218 e. The summed E-state index contributed by atoms with van der Waals surface area (Å²) in [6.45, 7) is 6.08. The van der Waals surface area contributed by atoms with Crippen molar-refractivity contribution in [1.82, 2.24) is 9.97 Å². The van der Waals surface area contributed by atoms with E-state index < -0.39 is 0 Å². The van der Waals surface area contributed by atoms with Crippen LogP contribution in [0.15, 0.2) is 6.07 Å². The van der Waals surface area contributed by atoms with E-state index in [0.29, 0.717) is 24.4 Å². The van der Waals surface area contributed by atoms with E-state index in [1.54, 1.807) is 0 Å². The molecule has 0 bridgehead atoms. The molecular formula is C12H19N3O2. The van der Waals surface area contributed by atoms with Gasteiger partial charge in [-0.3, -0.25) is 0 Å². The largest absolute Gasteiger partial charge is 0.478 e. The number of hydrogen-bond donors (Lipinski definition) is 1. The molecule has 0 radical (unpaired) electrons. The van der Waals surface area contributed by atoms with Crippen molar-refractivity contribution < 1.29 is 9.47 Å². The van der Waals surface area contributed by atoms with Crippen LogP contribution in [-0.4, -0.2) is 35.8 Å². The van der Waals surface area contributed by atoms with Crippen molar-refractivity contribution in [2.45, 2.75) is 32.8 Å². The minimum Gasteiger partial charge on any atom is -0.478 e. The standard InChI is InChI=1S/C12H19N3O2/c1-3-16-12-7-11(14-9(2)15-12)13-8-10-5-4-6-17-10/h7,10H,3-6,8H2,1-2H3,(H,13,14,15). The van der Waals surface area contributed by atoms with E-state index in [2.05, 4.69) is 15.3 Å². The molecule has 1 aromatic heterocycles. The molecule has 1 atom stereocenters. The first kappa shape index (κ1) is 12.1. The lowest BCUT2D eigenvalue weighted by atomic mass is 10.2. The molecule has 1 aromatic rings. The molecule has 1 unspecified atom stereocenters. The Morgan fingerprint density at radius 2 is 2.41 bits per heavy atom. The third-order valence-corrected chi connectivity index (χ3v) is 2.64. The van der Waals surface area contributed by atoms with Crippen LogP contribution in [0.4, 0.5) is 5.82 Å². The first-order valence-corrected chi connectivity index (χ1v) is 6.12. The van der Waals surface area contributed by atoms with Crippen molar-refractivity contribution >= 4 is 5.82 Å². The summed E-state index contributed by atoms with van der Waals surface area (Å²) in [7, 11) is 0. The number of anilines is 1. The van der Waals surface area contributed by atoms with Crippen LogP contribution in [0, 0.1) is 6.92 Å². The third-order valence-electron chi connectivity index (χ3n) is 2.64. The summed E-state index contributed by atoms with van der Waals surface area (Å²) in [5.74, 6) is 2.14. The van der Waals surface area contributed by atoms with E-state index >= 15 is 0 Å². The molecule has 0 spiro atoms. The number of rotatable bonds is 5. The van der Waals surface area contributed by atoms with E-state index in [1.165, 1.54) is 0 Å². The fourth-order valence-electron chi connectivity index (χ4n) is 1.88. The molecule has 94 valence electrons. The lowest BCUT2D eigenvalue weighted by molar-refractivity contribution is 0.120. The van der Waals surface area contributed by atoms with E-state index in [-0.39, 0.29) is 0 Å². The zero-order valence-corrected chi connectivity index (χ0v) is 10.4. The van der Waals surface area contributed by atoms with Crippen molar-refractivity contribution in [1.29, 1.82) is 0 Å². The van der Waals surface area contributed by atoms with Crippen LogP contribution in [0.25, 0.3) is 0 Å². The summed E-state index contributed by atoms with van der Waals surface area (Å²) in [5.41, 5.74) is 0. The second kappa shape index (κ2) is 5.82. The average Bonchev–Trinajstić information content (AvgIpc) is 2.79. The molecule has 0 saturated carbocycles. The highest BCUT2D eigenvalue weighted by molar-refractivity contribution is 5.38. The van der Waals surface area contributed by atoms with Crippen molar-refractivity contribution in [3.05, 3.63) is 11.9 Å². The van der Waals surface area contributed by atoms with Crippen molar-refractivity contribution in [2.24, 2.45) is 0 Å². The van der Waals surface area contributed by atoms with Gasteiger partial charge in [0.1, 0.15) is 11.6 Å². The zero-order chi connectivity index (χ0) is 12.1. The van der Waals surface area contributed by atoms with E-state index in [4.69, 9.17) is 9.47 Å². The van der Waals surface area contributed by atoms with Gasteiger partial charge in [0.05, 0.1) is 12.7 Å². The van der Waals surface area contributed by atoms with Crippen LogP contribution in [0.2, 0.25) is 0 Å². The molecule has 1 saturated heterocycles. The Labute approximate surface area is 102 Å². The number of nitrogens with zero attached hydrogens (tertiary/aromatic N) is 2. The van der Waals surface area contributed by atoms with E-state index in [1.807, 2.05) is 19.9 Å². The first-order valence-electron chi connectivity index (χ1n) is 6.12. The van der Waals surface area contributed by atoms with Gasteiger partial charge in [-0.15, -0.1) is 0 Å². The number of nitrogens with one attached hydrogen (secondary N) is 1. The Morgan fingerprint density at radius 3 is 3.12 bits per heavy atom. The highest BCUT2D eigenvalue weighted by Crippen LogP contribution is 2.16. The van der Waals surface area contributed by atoms with E-state index in [0.717, 1.165) is 31.8 Å². The molecule has 0 aromatic carbocycles. The predicted octanol–water partition coefficient (Wildman–Crippen LogP) is 1.77. The topological polar surface area (TPSA) is 56.3 Å². The molecule has 17 heavy (non-hydrogen) atoms.